The molecule has 1 fully saturated rings. The Kier molecular flexibility index (Phi) is 4.53. The van der Waals surface area contributed by atoms with Crippen LogP contribution in [0.4, 0.5) is 0 Å². The van der Waals surface area contributed by atoms with Gasteiger partial charge >= 0.3 is 0 Å². The van der Waals surface area contributed by atoms with Crippen LogP contribution in [0, 0.1) is 5.92 Å². The fourth-order valence-corrected chi connectivity index (χ4v) is 3.96. The van der Waals surface area contributed by atoms with Crippen molar-refractivity contribution in [3.63, 3.8) is 0 Å². The van der Waals surface area contributed by atoms with E-state index >= 15 is 0 Å². The van der Waals surface area contributed by atoms with Gasteiger partial charge in [-0.25, -0.2) is 0 Å². The minimum absolute atomic E-state index is 0.0741. The Morgan fingerprint density at radius 2 is 2.16 bits per heavy atom. The number of para-hydroxylation sites is 1. The van der Waals surface area contributed by atoms with E-state index in [-0.39, 0.29) is 24.0 Å². The Hall–Kier alpha value is -2.20. The molecule has 2 aliphatic rings. The van der Waals surface area contributed by atoms with Crippen LogP contribution in [0.1, 0.15) is 50.1 Å². The Morgan fingerprint density at radius 3 is 2.92 bits per heavy atom. The Bertz CT molecular complexity index is 808. The summed E-state index contributed by atoms with van der Waals surface area (Å²) in [6, 6.07) is 10.1. The first-order chi connectivity index (χ1) is 12.2. The first-order valence-corrected chi connectivity index (χ1v) is 9.19. The number of rotatable bonds is 5. The first-order valence-electron chi connectivity index (χ1n) is 9.19. The lowest BCUT2D eigenvalue weighted by molar-refractivity contribution is -0.122. The van der Waals surface area contributed by atoms with Gasteiger partial charge < -0.3 is 10.4 Å². The van der Waals surface area contributed by atoms with Crippen molar-refractivity contribution in [2.75, 3.05) is 0 Å². The molecule has 0 aliphatic heterocycles. The first kappa shape index (κ1) is 16.3. The van der Waals surface area contributed by atoms with Crippen LogP contribution in [-0.4, -0.2) is 22.1 Å². The largest absolute Gasteiger partial charge is 0.393 e. The number of nitrogens with one attached hydrogen (secondary N) is 1. The third-order valence-electron chi connectivity index (χ3n) is 5.43. The highest BCUT2D eigenvalue weighted by Gasteiger charge is 2.36. The normalized spacial score (nSPS) is 23.8. The molecule has 1 aromatic heterocycles. The van der Waals surface area contributed by atoms with E-state index in [9.17, 15) is 9.90 Å². The standard InChI is InChI=1S/C21H24N2O2/c24-18-11-16(12-18)21(23-20(25)9-14-5-1-2-6-14)17-10-15-7-3-4-8-19(15)22-13-17/h3-5,7-8,10,13,16,18,21,24H,1-2,6,9,11-12H2,(H,23,25)/t16?,18?,21-/m0/s1. The predicted octanol–water partition coefficient (Wildman–Crippen LogP) is 3.66. The van der Waals surface area contributed by atoms with Crippen LogP contribution in [0.15, 0.2) is 48.2 Å². The number of allylic oxidation sites excluding steroid dienone is 1. The lowest BCUT2D eigenvalue weighted by atomic mass is 9.75. The Balaban J connectivity index is 1.55. The average molecular weight is 336 g/mol. The second-order valence-electron chi connectivity index (χ2n) is 7.32. The number of fused-ring (bicyclic) bond motifs is 1. The van der Waals surface area contributed by atoms with E-state index in [1.54, 1.807) is 0 Å². The molecular formula is C21H24N2O2. The lowest BCUT2D eigenvalue weighted by Gasteiger charge is -2.38. The summed E-state index contributed by atoms with van der Waals surface area (Å²) >= 11 is 0. The van der Waals surface area contributed by atoms with Gasteiger partial charge in [0.1, 0.15) is 0 Å². The summed E-state index contributed by atoms with van der Waals surface area (Å²) in [5, 5.41) is 14.0. The molecule has 2 aliphatic carbocycles. The van der Waals surface area contributed by atoms with Gasteiger partial charge in [0.05, 0.1) is 17.7 Å². The third kappa shape index (κ3) is 3.59. The van der Waals surface area contributed by atoms with E-state index in [1.165, 1.54) is 5.57 Å². The molecule has 0 unspecified atom stereocenters. The maximum Gasteiger partial charge on any atom is 0.224 e. The highest BCUT2D eigenvalue weighted by molar-refractivity contribution is 5.81. The second-order valence-corrected chi connectivity index (χ2v) is 7.32. The molecule has 0 radical (unpaired) electrons. The summed E-state index contributed by atoms with van der Waals surface area (Å²) in [6.07, 6.45) is 9.08. The summed E-state index contributed by atoms with van der Waals surface area (Å²) < 4.78 is 0. The topological polar surface area (TPSA) is 62.2 Å². The zero-order chi connectivity index (χ0) is 17.2. The van der Waals surface area contributed by atoms with Crippen LogP contribution in [0.3, 0.4) is 0 Å². The van der Waals surface area contributed by atoms with Gasteiger partial charge in [-0.1, -0.05) is 29.8 Å². The van der Waals surface area contributed by atoms with Crippen molar-refractivity contribution < 1.29 is 9.90 Å². The van der Waals surface area contributed by atoms with E-state index in [4.69, 9.17) is 0 Å². The molecule has 130 valence electrons. The number of pyridine rings is 1. The summed E-state index contributed by atoms with van der Waals surface area (Å²) in [6.45, 7) is 0. The highest BCUT2D eigenvalue weighted by atomic mass is 16.3. The fourth-order valence-electron chi connectivity index (χ4n) is 3.96. The van der Waals surface area contributed by atoms with Crippen molar-refractivity contribution in [2.24, 2.45) is 5.92 Å². The van der Waals surface area contributed by atoms with E-state index in [0.717, 1.165) is 48.6 Å². The molecule has 0 saturated heterocycles. The summed E-state index contributed by atoms with van der Waals surface area (Å²) in [5.41, 5.74) is 3.24. The average Bonchev–Trinajstić information content (AvgIpc) is 3.09. The van der Waals surface area contributed by atoms with Gasteiger partial charge in [-0.15, -0.1) is 0 Å². The molecule has 0 bridgehead atoms. The molecule has 2 N–H and O–H groups in total. The molecule has 1 aromatic carbocycles. The van der Waals surface area contributed by atoms with Gasteiger partial charge in [0.15, 0.2) is 0 Å². The third-order valence-corrected chi connectivity index (χ3v) is 5.43. The van der Waals surface area contributed by atoms with Gasteiger partial charge in [0.2, 0.25) is 5.91 Å². The maximum absolute atomic E-state index is 12.5. The number of hydrogen-bond donors (Lipinski definition) is 2. The minimum Gasteiger partial charge on any atom is -0.393 e. The zero-order valence-electron chi connectivity index (χ0n) is 14.3. The molecule has 4 nitrogen and oxygen atoms in total. The number of carbonyl (C=O) groups excluding carboxylic acids is 1. The molecule has 1 amide bonds. The molecule has 4 rings (SSSR count). The number of aliphatic hydroxyl groups is 1. The van der Waals surface area contributed by atoms with Crippen LogP contribution < -0.4 is 5.32 Å². The smallest absolute Gasteiger partial charge is 0.224 e. The number of benzene rings is 1. The van der Waals surface area contributed by atoms with Crippen molar-refractivity contribution in [2.45, 2.75) is 50.7 Å². The quantitative estimate of drug-likeness (QED) is 0.819. The summed E-state index contributed by atoms with van der Waals surface area (Å²) in [7, 11) is 0. The second kappa shape index (κ2) is 6.96. The van der Waals surface area contributed by atoms with Crippen molar-refractivity contribution in [1.82, 2.24) is 10.3 Å². The minimum atomic E-state index is -0.240. The van der Waals surface area contributed by atoms with Crippen LogP contribution in [0.5, 0.6) is 0 Å². The highest BCUT2D eigenvalue weighted by Crippen LogP contribution is 2.38. The molecular weight excluding hydrogens is 312 g/mol. The van der Waals surface area contributed by atoms with Crippen molar-refractivity contribution in [1.29, 1.82) is 0 Å². The van der Waals surface area contributed by atoms with E-state index in [0.29, 0.717) is 6.42 Å². The van der Waals surface area contributed by atoms with Crippen LogP contribution in [0.2, 0.25) is 0 Å². The number of amides is 1. The SMILES string of the molecule is O=C(CC1=CCCC1)N[C@H](c1cnc2ccccc2c1)C1CC(O)C1. The fraction of sp³-hybridized carbons (Fsp3) is 0.429. The molecule has 1 saturated carbocycles. The summed E-state index contributed by atoms with van der Waals surface area (Å²) in [5.74, 6) is 0.354. The number of aliphatic hydroxyl groups excluding tert-OH is 1. The molecule has 1 heterocycles. The van der Waals surface area contributed by atoms with Gasteiger partial charge in [0.25, 0.3) is 0 Å². The van der Waals surface area contributed by atoms with Crippen LogP contribution in [-0.2, 0) is 4.79 Å². The number of hydrogen-bond acceptors (Lipinski definition) is 3. The lowest BCUT2D eigenvalue weighted by Crippen LogP contribution is -2.41. The monoisotopic (exact) mass is 336 g/mol. The van der Waals surface area contributed by atoms with Gasteiger partial charge in [-0.3, -0.25) is 9.78 Å². The van der Waals surface area contributed by atoms with Crippen LogP contribution in [0.25, 0.3) is 10.9 Å². The van der Waals surface area contributed by atoms with Gasteiger partial charge in [-0.05, 0) is 55.7 Å². The number of nitrogens with zero attached hydrogens (tertiary/aromatic N) is 1. The number of carbonyl (C=O) groups is 1. The van der Waals surface area contributed by atoms with Crippen molar-refractivity contribution in [3.8, 4) is 0 Å². The van der Waals surface area contributed by atoms with E-state index < -0.39 is 0 Å². The predicted molar refractivity (Wildman–Crippen MR) is 97.9 cm³/mol. The Labute approximate surface area is 148 Å². The zero-order valence-corrected chi connectivity index (χ0v) is 14.3. The molecule has 25 heavy (non-hydrogen) atoms. The van der Waals surface area contributed by atoms with E-state index in [1.807, 2.05) is 30.5 Å². The van der Waals surface area contributed by atoms with Crippen molar-refractivity contribution in [3.05, 3.63) is 53.7 Å². The number of aromatic nitrogens is 1. The van der Waals surface area contributed by atoms with Gasteiger partial charge in [-0.2, -0.15) is 0 Å². The molecule has 1 atom stereocenters. The van der Waals surface area contributed by atoms with Crippen molar-refractivity contribution >= 4 is 16.8 Å². The molecule has 0 spiro atoms. The Morgan fingerprint density at radius 1 is 1.32 bits per heavy atom. The molecule has 4 heteroatoms. The molecule has 2 aromatic rings. The van der Waals surface area contributed by atoms with Crippen LogP contribution >= 0.6 is 0 Å². The maximum atomic E-state index is 12.5. The summed E-state index contributed by atoms with van der Waals surface area (Å²) in [4.78, 5) is 17.1. The van der Waals surface area contributed by atoms with Gasteiger partial charge in [0, 0.05) is 18.0 Å². The van der Waals surface area contributed by atoms with E-state index in [2.05, 4.69) is 22.4 Å².